The van der Waals surface area contributed by atoms with E-state index in [0.717, 1.165) is 30.3 Å². The summed E-state index contributed by atoms with van der Waals surface area (Å²) in [5.41, 5.74) is 2.51. The average Bonchev–Trinajstić information content (AvgIpc) is 3.66. The van der Waals surface area contributed by atoms with Gasteiger partial charge in [-0.25, -0.2) is 37.4 Å². The molecule has 0 spiro atoms. The zero-order valence-corrected chi connectivity index (χ0v) is 34.9. The number of likely N-dealkylation sites (N-methyl/N-ethyl adjacent to an activating group) is 1. The number of benzene rings is 2. The molecule has 2 aromatic carbocycles. The van der Waals surface area contributed by atoms with E-state index < -0.39 is 21.4 Å². The van der Waals surface area contributed by atoms with Crippen molar-refractivity contribution < 1.29 is 27.5 Å². The van der Waals surface area contributed by atoms with Crippen molar-refractivity contribution >= 4 is 50.4 Å². The number of rotatable bonds is 13. The number of ether oxygens (including phenoxy) is 2. The largest absolute Gasteiger partial charge is 0.492 e. The van der Waals surface area contributed by atoms with E-state index in [1.165, 1.54) is 4.68 Å². The van der Waals surface area contributed by atoms with Crippen LogP contribution in [0, 0.1) is 36.7 Å². The van der Waals surface area contributed by atoms with E-state index in [4.69, 9.17) is 31.1 Å². The summed E-state index contributed by atoms with van der Waals surface area (Å²) in [5, 5.41) is 7.78. The zero-order valence-electron chi connectivity index (χ0n) is 34.1. The van der Waals surface area contributed by atoms with Crippen LogP contribution in [0.4, 0.5) is 17.1 Å². The van der Waals surface area contributed by atoms with Gasteiger partial charge in [0, 0.05) is 36.3 Å². The number of aliphatic imine (C=N–C) groups is 1. The third kappa shape index (κ3) is 9.47. The number of nitrogens with one attached hydrogen (secondary N) is 2. The number of fused-ring (bicyclic) bond motifs is 1. The molecule has 2 heterocycles. The lowest BCUT2D eigenvalue weighted by Crippen LogP contribution is -2.37. The van der Waals surface area contributed by atoms with Crippen LogP contribution in [0.2, 0.25) is 0 Å². The topological polar surface area (TPSA) is 161 Å². The van der Waals surface area contributed by atoms with Gasteiger partial charge >= 0.3 is 5.97 Å². The van der Waals surface area contributed by atoms with Crippen molar-refractivity contribution in [3.05, 3.63) is 64.9 Å². The minimum Gasteiger partial charge on any atom is -0.492 e. The molecular formula is C41H54N8O6S. The van der Waals surface area contributed by atoms with E-state index >= 15 is 0 Å². The van der Waals surface area contributed by atoms with Gasteiger partial charge in [0.2, 0.25) is 21.6 Å². The molecule has 2 N–H and O–H groups in total. The van der Waals surface area contributed by atoms with E-state index in [9.17, 15) is 18.0 Å². The summed E-state index contributed by atoms with van der Waals surface area (Å²) in [6, 6.07) is 10.9. The molecule has 2 unspecified atom stereocenters. The van der Waals surface area contributed by atoms with Gasteiger partial charge in [-0.1, -0.05) is 41.5 Å². The molecule has 15 heteroatoms. The van der Waals surface area contributed by atoms with Crippen LogP contribution in [-0.2, 0) is 24.3 Å². The highest BCUT2D eigenvalue weighted by atomic mass is 32.2. The van der Waals surface area contributed by atoms with Crippen LogP contribution in [0.5, 0.6) is 5.75 Å². The van der Waals surface area contributed by atoms with Crippen molar-refractivity contribution in [2.24, 2.45) is 28.2 Å². The highest BCUT2D eigenvalue weighted by Crippen LogP contribution is 2.39. The first kappa shape index (κ1) is 42.1. The Bertz CT molecular complexity index is 2180. The predicted molar refractivity (Wildman–Crippen MR) is 219 cm³/mol. The van der Waals surface area contributed by atoms with Gasteiger partial charge in [0.05, 0.1) is 30.8 Å². The summed E-state index contributed by atoms with van der Waals surface area (Å²) in [6.07, 6.45) is 2.65. The van der Waals surface area contributed by atoms with Crippen molar-refractivity contribution in [2.45, 2.75) is 81.3 Å². The molecule has 5 rings (SSSR count). The third-order valence-electron chi connectivity index (χ3n) is 10.1. The van der Waals surface area contributed by atoms with E-state index in [-0.39, 0.29) is 59.1 Å². The summed E-state index contributed by atoms with van der Waals surface area (Å²) in [5.74, 6) is 0.928. The van der Waals surface area contributed by atoms with Crippen LogP contribution < -0.4 is 19.7 Å². The van der Waals surface area contributed by atoms with Crippen molar-refractivity contribution in [1.82, 2.24) is 19.5 Å². The van der Waals surface area contributed by atoms with Crippen LogP contribution in [-0.4, -0.2) is 79.5 Å². The maximum atomic E-state index is 14.2. The quantitative estimate of drug-likeness (QED) is 0.140. The summed E-state index contributed by atoms with van der Waals surface area (Å²) in [6.45, 7) is 27.6. The summed E-state index contributed by atoms with van der Waals surface area (Å²) in [7, 11) is -3.32. The molecule has 300 valence electrons. The Labute approximate surface area is 330 Å². The van der Waals surface area contributed by atoms with Gasteiger partial charge < -0.3 is 19.7 Å². The van der Waals surface area contributed by atoms with Crippen LogP contribution in [0.1, 0.15) is 79.6 Å². The molecule has 2 aliphatic rings. The maximum absolute atomic E-state index is 14.2. The first-order valence-electron chi connectivity index (χ1n) is 19.1. The second-order valence-electron chi connectivity index (χ2n) is 15.9. The van der Waals surface area contributed by atoms with Crippen LogP contribution >= 0.6 is 0 Å². The fraction of sp³-hybridized carbons (Fsp3) is 0.512. The molecule has 1 saturated carbocycles. The van der Waals surface area contributed by atoms with Gasteiger partial charge in [0.25, 0.3) is 0 Å². The molecular weight excluding hydrogens is 733 g/mol. The van der Waals surface area contributed by atoms with Gasteiger partial charge in [-0.3, -0.25) is 4.79 Å². The number of allylic oxidation sites excluding steroid dienone is 1. The highest BCUT2D eigenvalue weighted by Gasteiger charge is 2.41. The van der Waals surface area contributed by atoms with Crippen molar-refractivity contribution in [3.8, 4) is 17.1 Å². The third-order valence-corrected chi connectivity index (χ3v) is 10.8. The lowest BCUT2D eigenvalue weighted by Gasteiger charge is -2.37. The summed E-state index contributed by atoms with van der Waals surface area (Å²) >= 11 is 0. The number of amides is 1. The van der Waals surface area contributed by atoms with Crippen LogP contribution in [0.25, 0.3) is 21.8 Å². The Morgan fingerprint density at radius 3 is 2.38 bits per heavy atom. The molecule has 0 radical (unpaired) electrons. The second-order valence-corrected chi connectivity index (χ2v) is 17.7. The van der Waals surface area contributed by atoms with Gasteiger partial charge in [-0.05, 0) is 93.3 Å². The smallest absolute Gasteiger partial charge is 0.331 e. The van der Waals surface area contributed by atoms with Crippen LogP contribution in [0.3, 0.4) is 0 Å². The molecule has 2 atom stereocenters. The molecule has 0 bridgehead atoms. The monoisotopic (exact) mass is 786 g/mol. The van der Waals surface area contributed by atoms with E-state index in [1.54, 1.807) is 18.2 Å². The number of esters is 1. The molecule has 1 aliphatic carbocycles. The molecule has 0 saturated heterocycles. The molecule has 1 aromatic heterocycles. The fourth-order valence-corrected chi connectivity index (χ4v) is 7.80. The molecule has 1 amide bonds. The molecule has 14 nitrogen and oxygen atoms in total. The number of aromatic nitrogens is 3. The SMILES string of the molecule is [C-]#[N+]C1=C(C(=O)OC2C(C)CC(C)CC2C)c2nc(-c3ccc(OCC)c(NC(=O)C(C)(C)C)c3)nn2C1=Nc1ccc(N(CC)CCNS(C)(=O)=O)cc1C. The Morgan fingerprint density at radius 1 is 1.09 bits per heavy atom. The Balaban J connectivity index is 1.60. The summed E-state index contributed by atoms with van der Waals surface area (Å²) in [4.78, 5) is 42.9. The van der Waals surface area contributed by atoms with Crippen molar-refractivity contribution in [1.29, 1.82) is 0 Å². The molecule has 3 aromatic rings. The number of aryl methyl sites for hydroxylation is 1. The molecule has 56 heavy (non-hydrogen) atoms. The lowest BCUT2D eigenvalue weighted by molar-refractivity contribution is -0.150. The van der Waals surface area contributed by atoms with E-state index in [2.05, 4.69) is 35.7 Å². The first-order chi connectivity index (χ1) is 26.3. The number of sulfonamides is 1. The second kappa shape index (κ2) is 17.0. The zero-order chi connectivity index (χ0) is 41.1. The minimum atomic E-state index is -3.32. The Hall–Kier alpha value is -5.07. The van der Waals surface area contributed by atoms with Crippen LogP contribution in [0.15, 0.2) is 47.1 Å². The van der Waals surface area contributed by atoms with E-state index in [0.29, 0.717) is 48.3 Å². The lowest BCUT2D eigenvalue weighted by atomic mass is 9.75. The molecule has 1 fully saturated rings. The maximum Gasteiger partial charge on any atom is 0.331 e. The number of nitrogens with zero attached hydrogens (tertiary/aromatic N) is 6. The Morgan fingerprint density at radius 2 is 1.79 bits per heavy atom. The van der Waals surface area contributed by atoms with E-state index in [1.807, 2.05) is 64.6 Å². The number of hydrogen-bond acceptors (Lipinski definition) is 10. The first-order valence-corrected chi connectivity index (χ1v) is 21.0. The Kier molecular flexibility index (Phi) is 12.8. The standard InChI is InChI=1S/C41H54N8O6S/c1-12-48(19-18-43-56(11,52)53)29-15-16-30(25(4)22-29)44-38-34(42-10)33(39(50)55-35-26(5)20-24(3)21-27(35)6)37-46-36(47-49(37)38)28-14-17-32(54-13-2)31(23-28)45-40(51)41(7,8)9/h14-17,22-24,26-27,35,43H,12-13,18-21H2,1-9,11H3,(H,45,51). The minimum absolute atomic E-state index is 0.00692. The fourth-order valence-electron chi connectivity index (χ4n) is 7.34. The van der Waals surface area contributed by atoms with Crippen molar-refractivity contribution in [3.63, 3.8) is 0 Å². The normalized spacial score (nSPS) is 20.4. The molecule has 1 aliphatic heterocycles. The van der Waals surface area contributed by atoms with Gasteiger partial charge in [0.1, 0.15) is 17.4 Å². The summed E-state index contributed by atoms with van der Waals surface area (Å²) < 4.78 is 39.2. The van der Waals surface area contributed by atoms with Gasteiger partial charge in [-0.2, -0.15) is 0 Å². The highest BCUT2D eigenvalue weighted by molar-refractivity contribution is 7.88. The predicted octanol–water partition coefficient (Wildman–Crippen LogP) is 6.85. The average molecular weight is 787 g/mol. The number of hydrogen-bond donors (Lipinski definition) is 2. The van der Waals surface area contributed by atoms with Crippen molar-refractivity contribution in [2.75, 3.05) is 42.7 Å². The number of carbonyl (C=O) groups excluding carboxylic acids is 2. The number of carbonyl (C=O) groups is 2. The van der Waals surface area contributed by atoms with Gasteiger partial charge in [-0.15, -0.1) is 5.10 Å². The number of anilines is 2. The van der Waals surface area contributed by atoms with Gasteiger partial charge in [0.15, 0.2) is 17.5 Å².